The number of alkyl carbamates (subject to hydrolysis) is 1. The number of carbonyl (C=O) groups is 3. The maximum Gasteiger partial charge on any atom is 0.407 e. The van der Waals surface area contributed by atoms with Crippen LogP contribution in [0.15, 0.2) is 54.6 Å². The van der Waals surface area contributed by atoms with Crippen molar-refractivity contribution in [3.05, 3.63) is 71.4 Å². The van der Waals surface area contributed by atoms with Gasteiger partial charge in [-0.3, -0.25) is 9.89 Å². The zero-order valence-corrected chi connectivity index (χ0v) is 17.4. The molecule has 0 saturated heterocycles. The summed E-state index contributed by atoms with van der Waals surface area (Å²) in [5, 5.41) is 11.2. The third-order valence-corrected chi connectivity index (χ3v) is 5.08. The molecule has 0 radical (unpaired) electrons. The highest BCUT2D eigenvalue weighted by Gasteiger charge is 2.29. The number of anilines is 1. The molecular formula is C23H22N4O5. The van der Waals surface area contributed by atoms with Crippen molar-refractivity contribution < 1.29 is 23.9 Å². The van der Waals surface area contributed by atoms with Gasteiger partial charge in [0.05, 0.1) is 6.61 Å². The van der Waals surface area contributed by atoms with Gasteiger partial charge in [0.1, 0.15) is 18.8 Å². The van der Waals surface area contributed by atoms with Crippen LogP contribution >= 0.6 is 0 Å². The number of esters is 1. The summed E-state index contributed by atoms with van der Waals surface area (Å²) >= 11 is 0. The van der Waals surface area contributed by atoms with Crippen LogP contribution < -0.4 is 10.6 Å². The fraction of sp³-hybridized carbons (Fsp3) is 0.217. The van der Waals surface area contributed by atoms with Gasteiger partial charge in [0.15, 0.2) is 5.82 Å². The van der Waals surface area contributed by atoms with Crippen LogP contribution in [0.3, 0.4) is 0 Å². The number of nitrogens with zero attached hydrogens (tertiary/aromatic N) is 1. The summed E-state index contributed by atoms with van der Waals surface area (Å²) in [6.45, 7) is 1.76. The van der Waals surface area contributed by atoms with E-state index >= 15 is 0 Å². The number of rotatable bonds is 7. The van der Waals surface area contributed by atoms with E-state index in [4.69, 9.17) is 9.47 Å². The van der Waals surface area contributed by atoms with E-state index in [9.17, 15) is 14.4 Å². The molecule has 4 rings (SSSR count). The molecule has 1 aliphatic carbocycles. The van der Waals surface area contributed by atoms with E-state index in [0.29, 0.717) is 0 Å². The number of amides is 2. The van der Waals surface area contributed by atoms with Gasteiger partial charge in [-0.1, -0.05) is 48.5 Å². The van der Waals surface area contributed by atoms with Gasteiger partial charge in [-0.25, -0.2) is 9.59 Å². The van der Waals surface area contributed by atoms with Crippen molar-refractivity contribution in [2.45, 2.75) is 12.8 Å². The Morgan fingerprint density at radius 1 is 1.00 bits per heavy atom. The number of benzene rings is 2. The zero-order chi connectivity index (χ0) is 22.5. The number of fused-ring (bicyclic) bond motifs is 3. The number of hydrogen-bond acceptors (Lipinski definition) is 6. The Bertz CT molecular complexity index is 1110. The van der Waals surface area contributed by atoms with Gasteiger partial charge in [-0.05, 0) is 29.2 Å². The van der Waals surface area contributed by atoms with Crippen molar-refractivity contribution >= 4 is 23.8 Å². The SMILES string of the molecule is CCOC(=O)c1cc(NC(=O)CNC(=O)OCC2c3ccccc3-c3ccccc32)n[nH]1. The molecule has 164 valence electrons. The fourth-order valence-electron chi connectivity index (χ4n) is 3.69. The number of ether oxygens (including phenoxy) is 2. The van der Waals surface area contributed by atoms with Crippen LogP contribution in [0, 0.1) is 0 Å². The van der Waals surface area contributed by atoms with Crippen LogP contribution in [-0.2, 0) is 14.3 Å². The third kappa shape index (κ3) is 4.46. The van der Waals surface area contributed by atoms with E-state index in [-0.39, 0.29) is 37.2 Å². The lowest BCUT2D eigenvalue weighted by atomic mass is 9.98. The van der Waals surface area contributed by atoms with Gasteiger partial charge < -0.3 is 20.1 Å². The van der Waals surface area contributed by atoms with Crippen molar-refractivity contribution in [1.82, 2.24) is 15.5 Å². The Labute approximate surface area is 184 Å². The number of nitrogens with one attached hydrogen (secondary N) is 3. The number of H-pyrrole nitrogens is 1. The van der Waals surface area contributed by atoms with Crippen LogP contribution in [0.5, 0.6) is 0 Å². The lowest BCUT2D eigenvalue weighted by Crippen LogP contribution is -2.34. The van der Waals surface area contributed by atoms with Gasteiger partial charge in [0.2, 0.25) is 5.91 Å². The molecule has 1 aromatic heterocycles. The Kier molecular flexibility index (Phi) is 6.16. The van der Waals surface area contributed by atoms with Gasteiger partial charge in [0.25, 0.3) is 0 Å². The van der Waals surface area contributed by atoms with E-state index < -0.39 is 18.0 Å². The Hall–Kier alpha value is -4.14. The maximum atomic E-state index is 12.1. The van der Waals surface area contributed by atoms with Crippen molar-refractivity contribution in [2.24, 2.45) is 0 Å². The normalized spacial score (nSPS) is 11.9. The van der Waals surface area contributed by atoms with Crippen molar-refractivity contribution in [3.63, 3.8) is 0 Å². The molecule has 3 N–H and O–H groups in total. The molecule has 0 bridgehead atoms. The lowest BCUT2D eigenvalue weighted by molar-refractivity contribution is -0.115. The number of aromatic nitrogens is 2. The largest absolute Gasteiger partial charge is 0.461 e. The molecule has 0 saturated carbocycles. The van der Waals surface area contributed by atoms with E-state index in [1.54, 1.807) is 6.92 Å². The summed E-state index contributed by atoms with van der Waals surface area (Å²) in [6.07, 6.45) is -0.698. The second kappa shape index (κ2) is 9.34. The monoisotopic (exact) mass is 434 g/mol. The van der Waals surface area contributed by atoms with Crippen LogP contribution in [0.2, 0.25) is 0 Å². The van der Waals surface area contributed by atoms with Gasteiger partial charge in [-0.15, -0.1) is 0 Å². The van der Waals surface area contributed by atoms with Crippen molar-refractivity contribution in [2.75, 3.05) is 25.1 Å². The molecule has 0 spiro atoms. The zero-order valence-electron chi connectivity index (χ0n) is 17.4. The molecule has 32 heavy (non-hydrogen) atoms. The molecule has 0 atom stereocenters. The minimum Gasteiger partial charge on any atom is -0.461 e. The van der Waals surface area contributed by atoms with Crippen LogP contribution in [-0.4, -0.2) is 47.9 Å². The molecular weight excluding hydrogens is 412 g/mol. The molecule has 3 aromatic rings. The highest BCUT2D eigenvalue weighted by atomic mass is 16.5. The second-order valence-corrected chi connectivity index (χ2v) is 7.11. The first kappa shape index (κ1) is 21.1. The second-order valence-electron chi connectivity index (χ2n) is 7.11. The quantitative estimate of drug-likeness (QED) is 0.491. The van der Waals surface area contributed by atoms with Gasteiger partial charge in [-0.2, -0.15) is 5.10 Å². The van der Waals surface area contributed by atoms with Gasteiger partial charge in [0, 0.05) is 12.0 Å². The van der Waals surface area contributed by atoms with E-state index in [2.05, 4.69) is 33.0 Å². The van der Waals surface area contributed by atoms with E-state index in [1.165, 1.54) is 6.07 Å². The highest BCUT2D eigenvalue weighted by Crippen LogP contribution is 2.44. The van der Waals surface area contributed by atoms with Crippen molar-refractivity contribution in [3.8, 4) is 11.1 Å². The summed E-state index contributed by atoms with van der Waals surface area (Å²) in [5.41, 5.74) is 4.60. The number of hydrogen-bond donors (Lipinski definition) is 3. The molecule has 9 heteroatoms. The third-order valence-electron chi connectivity index (χ3n) is 5.08. The first-order chi connectivity index (χ1) is 15.6. The maximum absolute atomic E-state index is 12.1. The topological polar surface area (TPSA) is 122 Å². The van der Waals surface area contributed by atoms with Crippen LogP contribution in [0.1, 0.15) is 34.5 Å². The minimum atomic E-state index is -0.698. The average Bonchev–Trinajstić information content (AvgIpc) is 3.39. The summed E-state index contributed by atoms with van der Waals surface area (Å²) in [7, 11) is 0. The summed E-state index contributed by atoms with van der Waals surface area (Å²) in [5.74, 6) is -1.00. The standard InChI is InChI=1S/C23H22N4O5/c1-2-31-22(29)19-11-20(27-26-19)25-21(28)12-24-23(30)32-13-18-16-9-5-3-7-14(16)15-8-4-6-10-17(15)18/h3-11,18H,2,12-13H2,1H3,(H,24,30)(H2,25,26,27,28). The van der Waals surface area contributed by atoms with E-state index in [1.807, 2.05) is 36.4 Å². The van der Waals surface area contributed by atoms with Gasteiger partial charge >= 0.3 is 12.1 Å². The highest BCUT2D eigenvalue weighted by molar-refractivity contribution is 5.94. The first-order valence-electron chi connectivity index (χ1n) is 10.2. The number of aromatic amines is 1. The van der Waals surface area contributed by atoms with Crippen molar-refractivity contribution in [1.29, 1.82) is 0 Å². The first-order valence-corrected chi connectivity index (χ1v) is 10.2. The summed E-state index contributed by atoms with van der Waals surface area (Å²) in [4.78, 5) is 35.8. The summed E-state index contributed by atoms with van der Waals surface area (Å²) < 4.78 is 10.2. The smallest absolute Gasteiger partial charge is 0.407 e. The molecule has 0 unspecified atom stereocenters. The molecule has 1 heterocycles. The minimum absolute atomic E-state index is 0.0627. The Balaban J connectivity index is 1.28. The fourth-order valence-corrected chi connectivity index (χ4v) is 3.69. The Morgan fingerprint density at radius 2 is 1.66 bits per heavy atom. The summed E-state index contributed by atoms with van der Waals surface area (Å²) in [6, 6.07) is 17.4. The van der Waals surface area contributed by atoms with E-state index in [0.717, 1.165) is 22.3 Å². The van der Waals surface area contributed by atoms with Crippen LogP contribution in [0.4, 0.5) is 10.6 Å². The molecule has 9 nitrogen and oxygen atoms in total. The lowest BCUT2D eigenvalue weighted by Gasteiger charge is -2.14. The van der Waals surface area contributed by atoms with Crippen LogP contribution in [0.25, 0.3) is 11.1 Å². The number of carbonyl (C=O) groups excluding carboxylic acids is 3. The molecule has 0 aliphatic heterocycles. The predicted molar refractivity (Wildman–Crippen MR) is 116 cm³/mol. The molecule has 0 fully saturated rings. The molecule has 2 amide bonds. The molecule has 1 aliphatic rings. The molecule has 2 aromatic carbocycles. The Morgan fingerprint density at radius 3 is 2.31 bits per heavy atom. The predicted octanol–water partition coefficient (Wildman–Crippen LogP) is 3.06. The average molecular weight is 434 g/mol.